The van der Waals surface area contributed by atoms with Gasteiger partial charge >= 0.3 is 5.56 Å². The Morgan fingerprint density at radius 1 is 1.12 bits per heavy atom. The zero-order valence-corrected chi connectivity index (χ0v) is 14.0. The predicted molar refractivity (Wildman–Crippen MR) is 99.9 cm³/mol. The molecule has 0 bridgehead atoms. The second-order valence-corrected chi connectivity index (χ2v) is 5.57. The Hall–Kier alpha value is -3.66. The molecule has 0 saturated heterocycles. The number of hydrogen-bond donors (Lipinski definition) is 2. The van der Waals surface area contributed by atoms with Gasteiger partial charge < -0.3 is 5.73 Å². The number of H-pyrrole nitrogens is 1. The number of benzene rings is 2. The monoisotopic (exact) mass is 368 g/mol. The molecule has 0 fully saturated rings. The van der Waals surface area contributed by atoms with Crippen molar-refractivity contribution in [2.24, 2.45) is 16.0 Å². The van der Waals surface area contributed by atoms with E-state index >= 15 is 0 Å². The van der Waals surface area contributed by atoms with Crippen molar-refractivity contribution in [2.75, 3.05) is 0 Å². The van der Waals surface area contributed by atoms with Crippen LogP contribution in [-0.4, -0.2) is 19.8 Å². The van der Waals surface area contributed by atoms with Gasteiger partial charge in [-0.3, -0.25) is 20.0 Å². The van der Waals surface area contributed by atoms with Crippen LogP contribution in [0.25, 0.3) is 11.3 Å². The average molecular weight is 368 g/mol. The van der Waals surface area contributed by atoms with Gasteiger partial charge in [-0.15, -0.1) is 5.11 Å². The van der Waals surface area contributed by atoms with E-state index in [0.29, 0.717) is 16.9 Å². The first-order chi connectivity index (χ1) is 12.5. The average Bonchev–Trinajstić information content (AvgIpc) is 2.98. The van der Waals surface area contributed by atoms with Crippen molar-refractivity contribution in [3.63, 3.8) is 0 Å². The Morgan fingerprint density at radius 3 is 2.35 bits per heavy atom. The molecule has 3 N–H and O–H groups in total. The Bertz CT molecular complexity index is 1050. The van der Waals surface area contributed by atoms with Gasteiger partial charge in [0.05, 0.1) is 16.3 Å². The zero-order valence-electron chi connectivity index (χ0n) is 13.2. The summed E-state index contributed by atoms with van der Waals surface area (Å²) < 4.78 is 1.00. The van der Waals surface area contributed by atoms with Gasteiger partial charge in [0.15, 0.2) is 10.8 Å². The minimum Gasteiger partial charge on any atom is -0.374 e. The number of thiocarbonyl (C=S) groups is 1. The molecule has 1 heterocycles. The van der Waals surface area contributed by atoms with Gasteiger partial charge in [0.1, 0.15) is 0 Å². The Balaban J connectivity index is 2.04. The van der Waals surface area contributed by atoms with Crippen LogP contribution < -0.4 is 11.3 Å². The number of azo groups is 1. The van der Waals surface area contributed by atoms with Crippen LogP contribution in [0.2, 0.25) is 0 Å². The summed E-state index contributed by atoms with van der Waals surface area (Å²) in [5.41, 5.74) is 6.46. The van der Waals surface area contributed by atoms with Gasteiger partial charge in [-0.05, 0) is 24.4 Å². The van der Waals surface area contributed by atoms with Crippen LogP contribution in [-0.2, 0) is 0 Å². The van der Waals surface area contributed by atoms with Crippen molar-refractivity contribution in [3.8, 4) is 11.3 Å². The van der Waals surface area contributed by atoms with E-state index in [1.807, 2.05) is 18.2 Å². The third-order valence-electron chi connectivity index (χ3n) is 3.47. The van der Waals surface area contributed by atoms with E-state index in [9.17, 15) is 14.9 Å². The lowest BCUT2D eigenvalue weighted by Gasteiger charge is -1.99. The van der Waals surface area contributed by atoms with Crippen molar-refractivity contribution in [1.82, 2.24) is 9.78 Å². The normalized spacial score (nSPS) is 10.9. The van der Waals surface area contributed by atoms with Crippen LogP contribution in [0.15, 0.2) is 69.6 Å². The van der Waals surface area contributed by atoms with Gasteiger partial charge in [-0.2, -0.15) is 9.80 Å². The molecule has 0 atom stereocenters. The van der Waals surface area contributed by atoms with Crippen LogP contribution in [0.4, 0.5) is 17.1 Å². The molecule has 0 aliphatic carbocycles. The SMILES string of the molecule is NC(=S)n1[nH]c(-c2ccccc2)c(N=Nc2ccc([N+](=O)[O-])cc2)c1=O. The highest BCUT2D eigenvalue weighted by Gasteiger charge is 2.17. The number of non-ortho nitro benzene ring substituents is 1. The maximum absolute atomic E-state index is 12.5. The smallest absolute Gasteiger partial charge is 0.301 e. The molecule has 10 heteroatoms. The summed E-state index contributed by atoms with van der Waals surface area (Å²) in [6.45, 7) is 0. The fraction of sp³-hybridized carbons (Fsp3) is 0. The molecule has 0 aliphatic heterocycles. The topological polar surface area (TPSA) is 132 Å². The zero-order chi connectivity index (χ0) is 18.7. The Kier molecular flexibility index (Phi) is 4.67. The summed E-state index contributed by atoms with van der Waals surface area (Å²) in [5, 5.41) is 21.3. The lowest BCUT2D eigenvalue weighted by atomic mass is 10.1. The number of nitrogens with two attached hydrogens (primary N) is 1. The number of hydrogen-bond acceptors (Lipinski definition) is 6. The Morgan fingerprint density at radius 2 is 1.77 bits per heavy atom. The summed E-state index contributed by atoms with van der Waals surface area (Å²) >= 11 is 4.86. The van der Waals surface area contributed by atoms with E-state index in [0.717, 1.165) is 4.68 Å². The summed E-state index contributed by atoms with van der Waals surface area (Å²) in [7, 11) is 0. The lowest BCUT2D eigenvalue weighted by Crippen LogP contribution is -2.29. The molecular weight excluding hydrogens is 356 g/mol. The van der Waals surface area contributed by atoms with Crippen LogP contribution in [0.1, 0.15) is 0 Å². The van der Waals surface area contributed by atoms with E-state index in [1.165, 1.54) is 24.3 Å². The molecule has 1 aromatic heterocycles. The molecule has 2 aromatic carbocycles. The number of nitrogens with one attached hydrogen (secondary N) is 1. The third kappa shape index (κ3) is 3.39. The first-order valence-corrected chi connectivity index (χ1v) is 7.74. The molecule has 26 heavy (non-hydrogen) atoms. The molecule has 0 amide bonds. The second-order valence-electron chi connectivity index (χ2n) is 5.15. The molecule has 3 rings (SSSR count). The second kappa shape index (κ2) is 7.07. The highest BCUT2D eigenvalue weighted by molar-refractivity contribution is 7.80. The van der Waals surface area contributed by atoms with Crippen LogP contribution in [0, 0.1) is 10.1 Å². The summed E-state index contributed by atoms with van der Waals surface area (Å²) in [4.78, 5) is 22.7. The van der Waals surface area contributed by atoms with E-state index in [4.69, 9.17) is 18.0 Å². The van der Waals surface area contributed by atoms with E-state index in [2.05, 4.69) is 15.3 Å². The molecule has 9 nitrogen and oxygen atoms in total. The number of rotatable bonds is 4. The van der Waals surface area contributed by atoms with Crippen molar-refractivity contribution in [3.05, 3.63) is 75.1 Å². The fourth-order valence-corrected chi connectivity index (χ4v) is 2.36. The van der Waals surface area contributed by atoms with Crippen LogP contribution in [0.5, 0.6) is 0 Å². The minimum atomic E-state index is -0.540. The fourth-order valence-electron chi connectivity index (χ4n) is 2.23. The minimum absolute atomic E-state index is 0.0300. The molecule has 0 aliphatic rings. The van der Waals surface area contributed by atoms with Crippen LogP contribution >= 0.6 is 12.2 Å². The van der Waals surface area contributed by atoms with Gasteiger partial charge in [-0.1, -0.05) is 30.3 Å². The predicted octanol–water partition coefficient (Wildman–Crippen LogP) is 3.26. The quantitative estimate of drug-likeness (QED) is 0.316. The maximum Gasteiger partial charge on any atom is 0.301 e. The van der Waals surface area contributed by atoms with Gasteiger partial charge in [0, 0.05) is 17.7 Å². The van der Waals surface area contributed by atoms with E-state index in [-0.39, 0.29) is 16.5 Å². The largest absolute Gasteiger partial charge is 0.374 e. The van der Waals surface area contributed by atoms with Crippen molar-refractivity contribution in [1.29, 1.82) is 0 Å². The summed E-state index contributed by atoms with van der Waals surface area (Å²) in [5.74, 6) is 0. The number of nitro groups is 1. The van der Waals surface area contributed by atoms with E-state index in [1.54, 1.807) is 12.1 Å². The molecule has 0 saturated carbocycles. The molecule has 0 unspecified atom stereocenters. The molecule has 0 spiro atoms. The van der Waals surface area contributed by atoms with E-state index < -0.39 is 10.5 Å². The van der Waals surface area contributed by atoms with Gasteiger partial charge in [-0.25, -0.2) is 0 Å². The number of aromatic nitrogens is 2. The Labute approximate surface area is 151 Å². The number of aromatic amines is 1. The highest BCUT2D eigenvalue weighted by Crippen LogP contribution is 2.27. The van der Waals surface area contributed by atoms with Crippen molar-refractivity contribution < 1.29 is 4.92 Å². The summed E-state index contributed by atoms with van der Waals surface area (Å²) in [6, 6.07) is 14.5. The number of nitro benzene ring substituents is 1. The standard InChI is InChI=1S/C16H12N6O3S/c17-16(26)21-15(23)14(13(20-21)10-4-2-1-3-5-10)19-18-11-6-8-12(9-7-11)22(24)25/h1-9,20H,(H2,17,26). The molecular formula is C16H12N6O3S. The lowest BCUT2D eigenvalue weighted by molar-refractivity contribution is -0.384. The third-order valence-corrected chi connectivity index (χ3v) is 3.66. The van der Waals surface area contributed by atoms with Crippen molar-refractivity contribution in [2.45, 2.75) is 0 Å². The molecule has 3 aromatic rings. The molecule has 130 valence electrons. The van der Waals surface area contributed by atoms with Gasteiger partial charge in [0.25, 0.3) is 5.69 Å². The first-order valence-electron chi connectivity index (χ1n) is 7.34. The van der Waals surface area contributed by atoms with Crippen LogP contribution in [0.3, 0.4) is 0 Å². The molecule has 0 radical (unpaired) electrons. The first kappa shape index (κ1) is 17.2. The van der Waals surface area contributed by atoms with Gasteiger partial charge in [0.2, 0.25) is 0 Å². The maximum atomic E-state index is 12.5. The number of nitrogens with zero attached hydrogens (tertiary/aromatic N) is 4. The highest BCUT2D eigenvalue weighted by atomic mass is 32.1. The summed E-state index contributed by atoms with van der Waals surface area (Å²) in [6.07, 6.45) is 0. The van der Waals surface area contributed by atoms with Crippen molar-refractivity contribution >= 4 is 34.4 Å².